The number of hydrogen-bond donors (Lipinski definition) is 2. The molecule has 0 bridgehead atoms. The Morgan fingerprint density at radius 2 is 1.73 bits per heavy atom. The van der Waals surface area contributed by atoms with Crippen molar-refractivity contribution >= 4 is 24.8 Å². The molecule has 0 spiro atoms. The fourth-order valence-corrected chi connectivity index (χ4v) is 1.77. The van der Waals surface area contributed by atoms with Gasteiger partial charge in [-0.25, -0.2) is 4.39 Å². The molecule has 15 heavy (non-hydrogen) atoms. The van der Waals surface area contributed by atoms with Crippen molar-refractivity contribution in [2.45, 2.75) is 12.0 Å². The molecule has 0 unspecified atom stereocenters. The van der Waals surface area contributed by atoms with Crippen LogP contribution < -0.4 is 11.1 Å². The number of halogens is 3. The number of benzene rings is 1. The van der Waals surface area contributed by atoms with Crippen LogP contribution in [0.2, 0.25) is 0 Å². The van der Waals surface area contributed by atoms with E-state index in [2.05, 4.69) is 5.32 Å². The average molecular weight is 253 g/mol. The third kappa shape index (κ3) is 3.31. The minimum Gasteiger partial charge on any atom is -0.326 e. The predicted octanol–water partition coefficient (Wildman–Crippen LogP) is 1.68. The monoisotopic (exact) mass is 252 g/mol. The quantitative estimate of drug-likeness (QED) is 0.799. The maximum absolute atomic E-state index is 12.6. The first-order chi connectivity index (χ1) is 6.27. The molecule has 1 heterocycles. The van der Waals surface area contributed by atoms with E-state index in [-0.39, 0.29) is 36.7 Å². The fraction of sp³-hybridized carbons (Fsp3) is 0.400. The van der Waals surface area contributed by atoms with Crippen LogP contribution in [0.25, 0.3) is 0 Å². The van der Waals surface area contributed by atoms with E-state index < -0.39 is 0 Å². The summed E-state index contributed by atoms with van der Waals surface area (Å²) < 4.78 is 12.6. The maximum Gasteiger partial charge on any atom is 0.123 e. The molecule has 0 saturated carbocycles. The second kappa shape index (κ2) is 6.28. The molecule has 1 saturated heterocycles. The normalized spacial score (nSPS) is 24.1. The molecule has 2 rings (SSSR count). The Balaban J connectivity index is 0.000000980. The highest BCUT2D eigenvalue weighted by atomic mass is 35.5. The van der Waals surface area contributed by atoms with Crippen LogP contribution in [-0.2, 0) is 0 Å². The lowest BCUT2D eigenvalue weighted by Gasteiger charge is -2.13. The molecule has 1 aromatic rings. The Bertz CT molecular complexity index is 292. The molecule has 86 valence electrons. The highest BCUT2D eigenvalue weighted by Gasteiger charge is 2.24. The van der Waals surface area contributed by atoms with Gasteiger partial charge in [0.2, 0.25) is 0 Å². The standard InChI is InChI=1S/C10H13FN2.2ClH/c11-8-3-1-7(2-4-8)9-5-13-6-10(9)12;;/h1-4,9-10,13H,5-6,12H2;2*1H/t9-,10+;;/m0../s1. The molecule has 3 N–H and O–H groups in total. The van der Waals surface area contributed by atoms with E-state index in [4.69, 9.17) is 5.73 Å². The van der Waals surface area contributed by atoms with Crippen LogP contribution in [0.5, 0.6) is 0 Å². The molecule has 1 aromatic carbocycles. The molecular formula is C10H15Cl2FN2. The van der Waals surface area contributed by atoms with Crippen LogP contribution in [0, 0.1) is 5.82 Å². The Labute approximate surface area is 101 Å². The van der Waals surface area contributed by atoms with E-state index >= 15 is 0 Å². The molecule has 1 fully saturated rings. The summed E-state index contributed by atoms with van der Waals surface area (Å²) in [5.41, 5.74) is 7.02. The second-order valence-corrected chi connectivity index (χ2v) is 3.48. The first-order valence-electron chi connectivity index (χ1n) is 4.49. The van der Waals surface area contributed by atoms with Gasteiger partial charge in [-0.3, -0.25) is 0 Å². The lowest BCUT2D eigenvalue weighted by atomic mass is 9.95. The Morgan fingerprint density at radius 1 is 1.13 bits per heavy atom. The van der Waals surface area contributed by atoms with Gasteiger partial charge in [-0.15, -0.1) is 24.8 Å². The van der Waals surface area contributed by atoms with Crippen molar-refractivity contribution in [3.63, 3.8) is 0 Å². The number of nitrogens with one attached hydrogen (secondary N) is 1. The zero-order valence-corrected chi connectivity index (χ0v) is 9.78. The van der Waals surface area contributed by atoms with Gasteiger partial charge in [0, 0.05) is 25.0 Å². The molecule has 1 aliphatic heterocycles. The second-order valence-electron chi connectivity index (χ2n) is 3.48. The molecule has 5 heteroatoms. The third-order valence-corrected chi connectivity index (χ3v) is 2.56. The van der Waals surface area contributed by atoms with Gasteiger partial charge in [-0.1, -0.05) is 12.1 Å². The van der Waals surface area contributed by atoms with Gasteiger partial charge in [0.25, 0.3) is 0 Å². The molecular weight excluding hydrogens is 238 g/mol. The summed E-state index contributed by atoms with van der Waals surface area (Å²) in [5.74, 6) is 0.142. The maximum atomic E-state index is 12.6. The van der Waals surface area contributed by atoms with Crippen LogP contribution in [0.4, 0.5) is 4.39 Å². The lowest BCUT2D eigenvalue weighted by molar-refractivity contribution is 0.620. The Morgan fingerprint density at radius 3 is 2.20 bits per heavy atom. The van der Waals surface area contributed by atoms with Crippen LogP contribution in [0.1, 0.15) is 11.5 Å². The molecule has 1 aliphatic rings. The van der Waals surface area contributed by atoms with Gasteiger partial charge in [0.1, 0.15) is 5.82 Å². The summed E-state index contributed by atoms with van der Waals surface area (Å²) >= 11 is 0. The van der Waals surface area contributed by atoms with E-state index in [0.29, 0.717) is 5.92 Å². The van der Waals surface area contributed by atoms with E-state index in [1.165, 1.54) is 12.1 Å². The first-order valence-corrected chi connectivity index (χ1v) is 4.49. The highest BCUT2D eigenvalue weighted by Crippen LogP contribution is 2.21. The highest BCUT2D eigenvalue weighted by molar-refractivity contribution is 5.85. The van der Waals surface area contributed by atoms with E-state index in [1.54, 1.807) is 0 Å². The van der Waals surface area contributed by atoms with Crippen molar-refractivity contribution in [2.24, 2.45) is 5.73 Å². The van der Waals surface area contributed by atoms with Gasteiger partial charge in [0.05, 0.1) is 0 Å². The van der Waals surface area contributed by atoms with Crippen LogP contribution >= 0.6 is 24.8 Å². The number of hydrogen-bond acceptors (Lipinski definition) is 2. The minimum absolute atomic E-state index is 0. The Hall–Kier alpha value is -0.350. The SMILES string of the molecule is Cl.Cl.N[C@@H]1CNC[C@H]1c1ccc(F)cc1. The molecule has 0 aromatic heterocycles. The van der Waals surface area contributed by atoms with Crippen LogP contribution in [0.15, 0.2) is 24.3 Å². The smallest absolute Gasteiger partial charge is 0.123 e. The largest absolute Gasteiger partial charge is 0.326 e. The topological polar surface area (TPSA) is 38.0 Å². The number of nitrogens with two attached hydrogens (primary N) is 1. The van der Waals surface area contributed by atoms with E-state index in [9.17, 15) is 4.39 Å². The molecule has 0 aliphatic carbocycles. The number of rotatable bonds is 1. The molecule has 2 nitrogen and oxygen atoms in total. The van der Waals surface area contributed by atoms with E-state index in [0.717, 1.165) is 18.7 Å². The van der Waals surface area contributed by atoms with Crippen LogP contribution in [0.3, 0.4) is 0 Å². The van der Waals surface area contributed by atoms with Crippen molar-refractivity contribution in [1.29, 1.82) is 0 Å². The first kappa shape index (κ1) is 14.6. The zero-order chi connectivity index (χ0) is 9.26. The summed E-state index contributed by atoms with van der Waals surface area (Å²) in [4.78, 5) is 0. The fourth-order valence-electron chi connectivity index (χ4n) is 1.77. The van der Waals surface area contributed by atoms with Crippen molar-refractivity contribution < 1.29 is 4.39 Å². The van der Waals surface area contributed by atoms with Crippen molar-refractivity contribution in [1.82, 2.24) is 5.32 Å². The average Bonchev–Trinajstić information content (AvgIpc) is 2.53. The third-order valence-electron chi connectivity index (χ3n) is 2.56. The summed E-state index contributed by atoms with van der Waals surface area (Å²) in [6.45, 7) is 1.74. The summed E-state index contributed by atoms with van der Waals surface area (Å²) in [7, 11) is 0. The summed E-state index contributed by atoms with van der Waals surface area (Å²) in [5, 5.41) is 3.22. The van der Waals surface area contributed by atoms with E-state index in [1.807, 2.05) is 12.1 Å². The zero-order valence-electron chi connectivity index (χ0n) is 8.15. The van der Waals surface area contributed by atoms with Gasteiger partial charge >= 0.3 is 0 Å². The van der Waals surface area contributed by atoms with Crippen molar-refractivity contribution in [3.8, 4) is 0 Å². The molecule has 2 atom stereocenters. The molecule has 0 amide bonds. The minimum atomic E-state index is -0.191. The molecule has 0 radical (unpaired) electrons. The van der Waals surface area contributed by atoms with Gasteiger partial charge in [-0.05, 0) is 17.7 Å². The van der Waals surface area contributed by atoms with Crippen molar-refractivity contribution in [3.05, 3.63) is 35.6 Å². The van der Waals surface area contributed by atoms with Gasteiger partial charge in [-0.2, -0.15) is 0 Å². The van der Waals surface area contributed by atoms with Gasteiger partial charge < -0.3 is 11.1 Å². The Kier molecular flexibility index (Phi) is 6.13. The van der Waals surface area contributed by atoms with Crippen molar-refractivity contribution in [2.75, 3.05) is 13.1 Å². The predicted molar refractivity (Wildman–Crippen MR) is 64.5 cm³/mol. The lowest BCUT2D eigenvalue weighted by Crippen LogP contribution is -2.27. The van der Waals surface area contributed by atoms with Gasteiger partial charge in [0.15, 0.2) is 0 Å². The summed E-state index contributed by atoms with van der Waals surface area (Å²) in [6, 6.07) is 6.76. The summed E-state index contributed by atoms with van der Waals surface area (Å²) in [6.07, 6.45) is 0. The van der Waals surface area contributed by atoms with Crippen LogP contribution in [-0.4, -0.2) is 19.1 Å².